The molecule has 1 heterocycles. The molecule has 25 heavy (non-hydrogen) atoms. The van der Waals surface area contributed by atoms with E-state index in [-0.39, 0.29) is 0 Å². The fourth-order valence-electron chi connectivity index (χ4n) is 3.50. The molecule has 0 amide bonds. The lowest BCUT2D eigenvalue weighted by Crippen LogP contribution is -2.29. The van der Waals surface area contributed by atoms with Crippen LogP contribution in [0.1, 0.15) is 12.8 Å². The van der Waals surface area contributed by atoms with Crippen LogP contribution in [0.5, 0.6) is 0 Å². The van der Waals surface area contributed by atoms with Gasteiger partial charge < -0.3 is 4.74 Å². The van der Waals surface area contributed by atoms with E-state index in [1.165, 1.54) is 15.9 Å². The highest BCUT2D eigenvalue weighted by Gasteiger charge is 2.44. The first-order valence-electron chi connectivity index (χ1n) is 8.80. The third-order valence-electron chi connectivity index (χ3n) is 4.68. The van der Waals surface area contributed by atoms with Gasteiger partial charge in [0.05, 0.1) is 6.61 Å². The zero-order chi connectivity index (χ0) is 17.0. The lowest BCUT2D eigenvalue weighted by Gasteiger charge is -2.24. The molecule has 0 radical (unpaired) electrons. The summed E-state index contributed by atoms with van der Waals surface area (Å²) in [5.41, 5.74) is 0. The Kier molecular flexibility index (Phi) is 4.68. The summed E-state index contributed by atoms with van der Waals surface area (Å²) in [7, 11) is -1.89. The summed E-state index contributed by atoms with van der Waals surface area (Å²) in [5.74, 6) is 3.59. The molecule has 0 saturated carbocycles. The van der Waals surface area contributed by atoms with Crippen molar-refractivity contribution in [2.45, 2.75) is 12.8 Å². The summed E-state index contributed by atoms with van der Waals surface area (Å²) < 4.78 is 5.96. The molecule has 1 saturated heterocycles. The minimum Gasteiger partial charge on any atom is -0.494 e. The van der Waals surface area contributed by atoms with Crippen molar-refractivity contribution in [1.29, 1.82) is 0 Å². The van der Waals surface area contributed by atoms with Crippen LogP contribution in [0.25, 0.3) is 0 Å². The van der Waals surface area contributed by atoms with Crippen molar-refractivity contribution in [2.24, 2.45) is 0 Å². The maximum absolute atomic E-state index is 5.96. The highest BCUT2D eigenvalue weighted by Crippen LogP contribution is 2.58. The Bertz CT molecular complexity index is 736. The van der Waals surface area contributed by atoms with Gasteiger partial charge in [-0.1, -0.05) is 54.6 Å². The molecule has 3 aromatic rings. The fraction of sp³-hybridized carbons (Fsp3) is 0.130. The number of allylic oxidation sites excluding steroid dienone is 1. The Morgan fingerprint density at radius 2 is 1.08 bits per heavy atom. The number of hydrogen-bond donors (Lipinski definition) is 0. The molecule has 0 N–H and O–H groups in total. The van der Waals surface area contributed by atoms with Crippen LogP contribution >= 0.6 is 7.26 Å². The van der Waals surface area contributed by atoms with Crippen molar-refractivity contribution in [3.05, 3.63) is 103 Å². The van der Waals surface area contributed by atoms with E-state index in [0.29, 0.717) is 0 Å². The second-order valence-electron chi connectivity index (χ2n) is 6.28. The fourth-order valence-corrected chi connectivity index (χ4v) is 7.40. The molecule has 0 aromatic heterocycles. The quantitative estimate of drug-likeness (QED) is 0.626. The zero-order valence-electron chi connectivity index (χ0n) is 14.2. The van der Waals surface area contributed by atoms with Crippen molar-refractivity contribution in [1.82, 2.24) is 0 Å². The number of benzene rings is 3. The van der Waals surface area contributed by atoms with Crippen molar-refractivity contribution >= 4 is 23.2 Å². The van der Waals surface area contributed by atoms with Crippen LogP contribution < -0.4 is 15.9 Å². The van der Waals surface area contributed by atoms with Crippen molar-refractivity contribution in [3.63, 3.8) is 0 Å². The number of hydrogen-bond acceptors (Lipinski definition) is 1. The summed E-state index contributed by atoms with van der Waals surface area (Å²) in [6.07, 6.45) is 2.15. The van der Waals surface area contributed by atoms with Gasteiger partial charge >= 0.3 is 0 Å². The lowest BCUT2D eigenvalue weighted by molar-refractivity contribution is 0.264. The number of rotatable bonds is 4. The van der Waals surface area contributed by atoms with Gasteiger partial charge in [-0.3, -0.25) is 0 Å². The molecular formula is C23H22OP+. The summed E-state index contributed by atoms with van der Waals surface area (Å²) in [4.78, 5) is 0. The maximum Gasteiger partial charge on any atom is 0.140 e. The van der Waals surface area contributed by atoms with Gasteiger partial charge in [-0.15, -0.1) is 0 Å². The molecule has 1 aliphatic heterocycles. The molecule has 0 spiro atoms. The minimum absolute atomic E-state index is 0.838. The Morgan fingerprint density at radius 3 is 1.44 bits per heavy atom. The monoisotopic (exact) mass is 345 g/mol. The van der Waals surface area contributed by atoms with E-state index >= 15 is 0 Å². The molecular weight excluding hydrogens is 323 g/mol. The SMILES string of the molecule is C(=C1CCCO1)[P+](c1ccccc1)(c1ccccc1)c1ccccc1. The Labute approximate surface area is 150 Å². The molecule has 124 valence electrons. The van der Waals surface area contributed by atoms with Crippen molar-refractivity contribution in [2.75, 3.05) is 6.61 Å². The normalized spacial score (nSPS) is 15.9. The van der Waals surface area contributed by atoms with Crippen LogP contribution in [0.2, 0.25) is 0 Å². The largest absolute Gasteiger partial charge is 0.494 e. The average Bonchev–Trinajstić information content (AvgIpc) is 3.21. The smallest absolute Gasteiger partial charge is 0.140 e. The van der Waals surface area contributed by atoms with Gasteiger partial charge in [0, 0.05) is 6.42 Å². The molecule has 2 heteroatoms. The molecule has 3 aromatic carbocycles. The highest BCUT2D eigenvalue weighted by molar-refractivity contribution is 7.98. The van der Waals surface area contributed by atoms with Crippen LogP contribution in [0.3, 0.4) is 0 Å². The van der Waals surface area contributed by atoms with E-state index < -0.39 is 7.26 Å². The summed E-state index contributed by atoms with van der Waals surface area (Å²) in [6, 6.07) is 32.7. The van der Waals surface area contributed by atoms with Crippen LogP contribution in [0.4, 0.5) is 0 Å². The second-order valence-corrected chi connectivity index (χ2v) is 9.53. The summed E-state index contributed by atoms with van der Waals surface area (Å²) >= 11 is 0. The second kappa shape index (κ2) is 7.25. The average molecular weight is 345 g/mol. The van der Waals surface area contributed by atoms with Gasteiger partial charge in [0.15, 0.2) is 0 Å². The summed E-state index contributed by atoms with van der Waals surface area (Å²) in [5, 5.41) is 4.11. The highest BCUT2D eigenvalue weighted by atomic mass is 31.2. The van der Waals surface area contributed by atoms with Crippen molar-refractivity contribution in [3.8, 4) is 0 Å². The van der Waals surface area contributed by atoms with Gasteiger partial charge in [-0.2, -0.15) is 0 Å². The van der Waals surface area contributed by atoms with Crippen LogP contribution in [0, 0.1) is 0 Å². The third kappa shape index (κ3) is 3.13. The molecule has 0 bridgehead atoms. The maximum atomic E-state index is 5.96. The lowest BCUT2D eigenvalue weighted by atomic mass is 10.3. The van der Waals surface area contributed by atoms with Crippen LogP contribution in [-0.2, 0) is 4.74 Å². The molecule has 1 fully saturated rings. The molecule has 4 rings (SSSR count). The van der Waals surface area contributed by atoms with Crippen LogP contribution in [0.15, 0.2) is 103 Å². The van der Waals surface area contributed by atoms with E-state index in [1.54, 1.807) is 0 Å². The first-order valence-corrected chi connectivity index (χ1v) is 10.7. The van der Waals surface area contributed by atoms with E-state index in [4.69, 9.17) is 4.74 Å². The molecule has 1 nitrogen and oxygen atoms in total. The van der Waals surface area contributed by atoms with E-state index in [0.717, 1.165) is 25.2 Å². The Morgan fingerprint density at radius 1 is 0.640 bits per heavy atom. The first-order chi connectivity index (χ1) is 12.4. The molecule has 1 aliphatic rings. The van der Waals surface area contributed by atoms with Gasteiger partial charge in [-0.05, 0) is 42.8 Å². The minimum atomic E-state index is -1.89. The predicted molar refractivity (Wildman–Crippen MR) is 108 cm³/mol. The summed E-state index contributed by atoms with van der Waals surface area (Å²) in [6.45, 7) is 0.838. The van der Waals surface area contributed by atoms with Crippen molar-refractivity contribution < 1.29 is 4.74 Å². The van der Waals surface area contributed by atoms with Gasteiger partial charge in [0.2, 0.25) is 0 Å². The third-order valence-corrected chi connectivity index (χ3v) is 8.70. The van der Waals surface area contributed by atoms with Gasteiger partial charge in [0.25, 0.3) is 0 Å². The standard InChI is InChI=1S/C23H22OP/c1-4-12-21(13-5-1)25(19-20-11-10-18-24-20,22-14-6-2-7-15-22)23-16-8-3-9-17-23/h1-9,12-17,19H,10-11,18H2/q+1. The van der Waals surface area contributed by atoms with Gasteiger partial charge in [0.1, 0.15) is 34.8 Å². The molecule has 0 unspecified atom stereocenters. The van der Waals surface area contributed by atoms with Gasteiger partial charge in [-0.25, -0.2) is 0 Å². The molecule has 0 atom stereocenters. The topological polar surface area (TPSA) is 9.23 Å². The van der Waals surface area contributed by atoms with Crippen LogP contribution in [-0.4, -0.2) is 6.61 Å². The predicted octanol–water partition coefficient (Wildman–Crippen LogP) is 4.63. The first kappa shape index (κ1) is 16.1. The zero-order valence-corrected chi connectivity index (χ0v) is 15.1. The Hall–Kier alpha value is -2.37. The van der Waals surface area contributed by atoms with E-state index in [1.807, 2.05) is 0 Å². The van der Waals surface area contributed by atoms with E-state index in [9.17, 15) is 0 Å². The Balaban J connectivity index is 2.03. The number of ether oxygens (including phenoxy) is 1. The molecule has 0 aliphatic carbocycles. The van der Waals surface area contributed by atoms with E-state index in [2.05, 4.69) is 96.8 Å².